The van der Waals surface area contributed by atoms with Gasteiger partial charge in [0.2, 0.25) is 0 Å². The second-order valence-corrected chi connectivity index (χ2v) is 5.07. The summed E-state index contributed by atoms with van der Waals surface area (Å²) in [6.07, 6.45) is 1.55. The fourth-order valence-electron chi connectivity index (χ4n) is 2.04. The Morgan fingerprint density at radius 3 is 2.74 bits per heavy atom. The first kappa shape index (κ1) is 16.6. The molecule has 2 aromatic rings. The van der Waals surface area contributed by atoms with Crippen molar-refractivity contribution in [2.24, 2.45) is 0 Å². The summed E-state index contributed by atoms with van der Waals surface area (Å²) in [5.74, 6) is 0.401. The van der Waals surface area contributed by atoms with Crippen molar-refractivity contribution in [2.75, 3.05) is 13.7 Å². The van der Waals surface area contributed by atoms with Crippen molar-refractivity contribution in [1.29, 1.82) is 0 Å². The van der Waals surface area contributed by atoms with Gasteiger partial charge < -0.3 is 19.2 Å². The maximum absolute atomic E-state index is 11.9. The molecule has 1 N–H and O–H groups in total. The lowest BCUT2D eigenvalue weighted by Crippen LogP contribution is -2.31. The molecule has 0 saturated carbocycles. The van der Waals surface area contributed by atoms with Gasteiger partial charge in [0.25, 0.3) is 5.91 Å². The second kappa shape index (κ2) is 7.49. The minimum absolute atomic E-state index is 0.156. The average Bonchev–Trinajstić information content (AvgIpc) is 3.08. The van der Waals surface area contributed by atoms with Crippen LogP contribution in [0.15, 0.2) is 41.0 Å². The van der Waals surface area contributed by atoms with Crippen LogP contribution >= 0.6 is 0 Å². The van der Waals surface area contributed by atoms with Crippen LogP contribution < -0.4 is 10.1 Å². The predicted octanol–water partition coefficient (Wildman–Crippen LogP) is 2.63. The number of ether oxygens (including phenoxy) is 2. The van der Waals surface area contributed by atoms with E-state index in [0.29, 0.717) is 17.1 Å². The van der Waals surface area contributed by atoms with Crippen LogP contribution in [0.2, 0.25) is 0 Å². The zero-order valence-corrected chi connectivity index (χ0v) is 13.3. The summed E-state index contributed by atoms with van der Waals surface area (Å²) in [7, 11) is 1.31. The van der Waals surface area contributed by atoms with Crippen molar-refractivity contribution in [3.05, 3.63) is 53.5 Å². The maximum atomic E-state index is 11.9. The molecule has 2 rings (SSSR count). The average molecular weight is 317 g/mol. The van der Waals surface area contributed by atoms with Crippen molar-refractivity contribution in [3.8, 4) is 5.75 Å². The Hall–Kier alpha value is -2.76. The summed E-state index contributed by atoms with van der Waals surface area (Å²) in [5.41, 5.74) is 1.20. The highest BCUT2D eigenvalue weighted by Gasteiger charge is 2.14. The van der Waals surface area contributed by atoms with E-state index in [4.69, 9.17) is 9.15 Å². The van der Waals surface area contributed by atoms with Crippen LogP contribution in [0.3, 0.4) is 0 Å². The third kappa shape index (κ3) is 4.35. The van der Waals surface area contributed by atoms with Gasteiger partial charge in [-0.05, 0) is 43.7 Å². The SMILES string of the molecule is COC(=O)c1ccc(C)c(OCC(=O)NC(C)c2ccco2)c1. The molecule has 0 fully saturated rings. The van der Waals surface area contributed by atoms with Gasteiger partial charge in [-0.1, -0.05) is 6.07 Å². The number of aryl methyl sites for hydroxylation is 1. The molecule has 0 spiro atoms. The Balaban J connectivity index is 1.94. The smallest absolute Gasteiger partial charge is 0.337 e. The summed E-state index contributed by atoms with van der Waals surface area (Å²) in [6.45, 7) is 3.50. The molecule has 0 aliphatic rings. The second-order valence-electron chi connectivity index (χ2n) is 5.07. The summed E-state index contributed by atoms with van der Waals surface area (Å²) < 4.78 is 15.4. The van der Waals surface area contributed by atoms with Crippen LogP contribution in [0.5, 0.6) is 5.75 Å². The predicted molar refractivity (Wildman–Crippen MR) is 83.3 cm³/mol. The van der Waals surface area contributed by atoms with Gasteiger partial charge in [-0.25, -0.2) is 4.79 Å². The van der Waals surface area contributed by atoms with Gasteiger partial charge in [-0.2, -0.15) is 0 Å². The Kier molecular flexibility index (Phi) is 5.41. The number of carbonyl (C=O) groups is 2. The topological polar surface area (TPSA) is 77.8 Å². The molecule has 6 heteroatoms. The van der Waals surface area contributed by atoms with Crippen LogP contribution in [0.25, 0.3) is 0 Å². The number of amides is 1. The first-order valence-corrected chi connectivity index (χ1v) is 7.15. The monoisotopic (exact) mass is 317 g/mol. The van der Waals surface area contributed by atoms with Gasteiger partial charge in [0.15, 0.2) is 6.61 Å². The molecule has 0 saturated heterocycles. The fraction of sp³-hybridized carbons (Fsp3) is 0.294. The highest BCUT2D eigenvalue weighted by molar-refractivity contribution is 5.90. The van der Waals surface area contributed by atoms with E-state index < -0.39 is 5.97 Å². The number of hydrogen-bond acceptors (Lipinski definition) is 5. The first-order chi connectivity index (χ1) is 11.0. The number of furan rings is 1. The highest BCUT2D eigenvalue weighted by Crippen LogP contribution is 2.20. The number of rotatable bonds is 6. The van der Waals surface area contributed by atoms with Gasteiger partial charge in [0, 0.05) is 0 Å². The molecule has 1 heterocycles. The molecule has 1 amide bonds. The van der Waals surface area contributed by atoms with E-state index in [1.54, 1.807) is 36.6 Å². The number of benzene rings is 1. The minimum Gasteiger partial charge on any atom is -0.483 e. The van der Waals surface area contributed by atoms with Crippen LogP contribution in [0.1, 0.15) is 34.6 Å². The lowest BCUT2D eigenvalue weighted by Gasteiger charge is -2.13. The normalized spacial score (nSPS) is 11.6. The third-order valence-corrected chi connectivity index (χ3v) is 3.32. The van der Waals surface area contributed by atoms with Crippen LogP contribution in [-0.2, 0) is 9.53 Å². The Morgan fingerprint density at radius 2 is 2.09 bits per heavy atom. The van der Waals surface area contributed by atoms with Crippen molar-refractivity contribution in [1.82, 2.24) is 5.32 Å². The first-order valence-electron chi connectivity index (χ1n) is 7.15. The summed E-state index contributed by atoms with van der Waals surface area (Å²) in [6, 6.07) is 8.25. The van der Waals surface area contributed by atoms with Crippen LogP contribution in [-0.4, -0.2) is 25.6 Å². The van der Waals surface area contributed by atoms with E-state index in [0.717, 1.165) is 5.56 Å². The standard InChI is InChI=1S/C17H19NO5/c1-11-6-7-13(17(20)21-3)9-15(11)23-10-16(19)18-12(2)14-5-4-8-22-14/h4-9,12H,10H2,1-3H3,(H,18,19). The number of esters is 1. The summed E-state index contributed by atoms with van der Waals surface area (Å²) in [4.78, 5) is 23.5. The van der Waals surface area contributed by atoms with Crippen molar-refractivity contribution < 1.29 is 23.5 Å². The summed E-state index contributed by atoms with van der Waals surface area (Å²) in [5, 5.41) is 2.77. The molecule has 0 radical (unpaired) electrons. The molecule has 1 aromatic heterocycles. The van der Waals surface area contributed by atoms with Gasteiger partial charge in [0.1, 0.15) is 11.5 Å². The molecule has 1 aromatic carbocycles. The quantitative estimate of drug-likeness (QED) is 0.829. The number of hydrogen-bond donors (Lipinski definition) is 1. The number of carbonyl (C=O) groups excluding carboxylic acids is 2. The third-order valence-electron chi connectivity index (χ3n) is 3.32. The number of nitrogens with one attached hydrogen (secondary N) is 1. The van der Waals surface area contributed by atoms with Gasteiger partial charge in [-0.3, -0.25) is 4.79 Å². The lowest BCUT2D eigenvalue weighted by molar-refractivity contribution is -0.123. The molecule has 6 nitrogen and oxygen atoms in total. The Labute approximate surface area is 134 Å². The van der Waals surface area contributed by atoms with E-state index >= 15 is 0 Å². The maximum Gasteiger partial charge on any atom is 0.337 e. The zero-order valence-electron chi connectivity index (χ0n) is 13.3. The molecular weight excluding hydrogens is 298 g/mol. The van der Waals surface area contributed by atoms with Crippen molar-refractivity contribution in [2.45, 2.75) is 19.9 Å². The van der Waals surface area contributed by atoms with E-state index in [-0.39, 0.29) is 18.6 Å². The fourth-order valence-corrected chi connectivity index (χ4v) is 2.04. The van der Waals surface area contributed by atoms with Crippen molar-refractivity contribution in [3.63, 3.8) is 0 Å². The Morgan fingerprint density at radius 1 is 1.30 bits per heavy atom. The molecule has 1 atom stereocenters. The highest BCUT2D eigenvalue weighted by atomic mass is 16.5. The zero-order chi connectivity index (χ0) is 16.8. The molecular formula is C17H19NO5. The molecule has 23 heavy (non-hydrogen) atoms. The lowest BCUT2D eigenvalue weighted by atomic mass is 10.1. The summed E-state index contributed by atoms with van der Waals surface area (Å²) >= 11 is 0. The van der Waals surface area contributed by atoms with Crippen LogP contribution in [0.4, 0.5) is 0 Å². The van der Waals surface area contributed by atoms with E-state index in [1.165, 1.54) is 7.11 Å². The Bertz CT molecular complexity index is 678. The largest absolute Gasteiger partial charge is 0.483 e. The van der Waals surface area contributed by atoms with E-state index in [2.05, 4.69) is 10.1 Å². The van der Waals surface area contributed by atoms with Gasteiger partial charge >= 0.3 is 5.97 Å². The molecule has 0 aliphatic carbocycles. The minimum atomic E-state index is -0.453. The van der Waals surface area contributed by atoms with Gasteiger partial charge in [-0.15, -0.1) is 0 Å². The van der Waals surface area contributed by atoms with Gasteiger partial charge in [0.05, 0.1) is 25.0 Å². The molecule has 0 aliphatic heterocycles. The van der Waals surface area contributed by atoms with E-state index in [1.807, 2.05) is 13.8 Å². The number of methoxy groups -OCH3 is 1. The van der Waals surface area contributed by atoms with Crippen LogP contribution in [0, 0.1) is 6.92 Å². The van der Waals surface area contributed by atoms with Crippen molar-refractivity contribution >= 4 is 11.9 Å². The van der Waals surface area contributed by atoms with E-state index in [9.17, 15) is 9.59 Å². The molecule has 1 unspecified atom stereocenters. The molecule has 0 bridgehead atoms. The molecule has 122 valence electrons.